The van der Waals surface area contributed by atoms with Gasteiger partial charge in [-0.1, -0.05) is 24.3 Å². The van der Waals surface area contributed by atoms with Crippen LogP contribution in [0.15, 0.2) is 54.7 Å². The topological polar surface area (TPSA) is 56.8 Å². The molecule has 1 aromatic carbocycles. The minimum atomic E-state index is -0.349. The maximum Gasteiger partial charge on any atom is 0.251 e. The summed E-state index contributed by atoms with van der Waals surface area (Å²) in [6, 6.07) is 14.7. The van der Waals surface area contributed by atoms with Crippen LogP contribution in [0.2, 0.25) is 0 Å². The zero-order valence-corrected chi connectivity index (χ0v) is 13.9. The Morgan fingerprint density at radius 2 is 1.60 bits per heavy atom. The molecule has 0 spiro atoms. The van der Waals surface area contributed by atoms with Crippen LogP contribution in [-0.4, -0.2) is 53.9 Å². The largest absolute Gasteiger partial charge is 0.354 e. The number of carbonyl (C=O) groups excluding carboxylic acids is 2. The number of rotatable bonds is 3. The molecule has 2 aliphatic heterocycles. The maximum absolute atomic E-state index is 12.8. The van der Waals surface area contributed by atoms with Crippen molar-refractivity contribution in [2.24, 2.45) is 0 Å². The van der Waals surface area contributed by atoms with E-state index in [0.717, 1.165) is 32.0 Å². The highest BCUT2D eigenvalue weighted by molar-refractivity contribution is 6.22. The molecule has 1 unspecified atom stereocenters. The van der Waals surface area contributed by atoms with Gasteiger partial charge in [0, 0.05) is 32.4 Å². The van der Waals surface area contributed by atoms with Gasteiger partial charge in [-0.15, -0.1) is 0 Å². The van der Waals surface area contributed by atoms with E-state index in [9.17, 15) is 9.59 Å². The molecular formula is C19H20N4O2. The predicted octanol–water partition coefficient (Wildman–Crippen LogP) is 1.54. The number of piperazine rings is 1. The first-order valence-electron chi connectivity index (χ1n) is 8.56. The number of para-hydroxylation sites is 1. The molecular weight excluding hydrogens is 316 g/mol. The van der Waals surface area contributed by atoms with Crippen LogP contribution in [0.1, 0.15) is 6.42 Å². The number of benzene rings is 1. The summed E-state index contributed by atoms with van der Waals surface area (Å²) in [5.74, 6) is 0.734. The fourth-order valence-corrected chi connectivity index (χ4v) is 3.55. The van der Waals surface area contributed by atoms with Crippen LogP contribution in [0.4, 0.5) is 11.5 Å². The van der Waals surface area contributed by atoms with E-state index in [1.165, 1.54) is 4.90 Å². The average Bonchev–Trinajstić information content (AvgIpc) is 2.97. The van der Waals surface area contributed by atoms with Gasteiger partial charge >= 0.3 is 0 Å². The summed E-state index contributed by atoms with van der Waals surface area (Å²) in [5, 5.41) is 0. The fourth-order valence-electron chi connectivity index (χ4n) is 3.55. The second-order valence-corrected chi connectivity index (χ2v) is 6.33. The second kappa shape index (κ2) is 6.64. The molecule has 0 aliphatic carbocycles. The SMILES string of the molecule is O=C1CC(N2CCN(c3ccccn3)CC2)C(=O)N1c1ccccc1. The summed E-state index contributed by atoms with van der Waals surface area (Å²) in [6.45, 7) is 3.12. The Hall–Kier alpha value is -2.73. The highest BCUT2D eigenvalue weighted by Crippen LogP contribution is 2.26. The van der Waals surface area contributed by atoms with Crippen molar-refractivity contribution in [3.05, 3.63) is 54.7 Å². The molecule has 6 heteroatoms. The molecule has 1 atom stereocenters. The Morgan fingerprint density at radius 1 is 0.880 bits per heavy atom. The monoisotopic (exact) mass is 336 g/mol. The molecule has 0 saturated carbocycles. The Bertz CT molecular complexity index is 758. The summed E-state index contributed by atoms with van der Waals surface area (Å²) in [6.07, 6.45) is 2.05. The second-order valence-electron chi connectivity index (χ2n) is 6.33. The maximum atomic E-state index is 12.8. The number of nitrogens with zero attached hydrogens (tertiary/aromatic N) is 4. The Balaban J connectivity index is 1.44. The zero-order chi connectivity index (χ0) is 17.2. The normalized spacial score (nSPS) is 21.8. The van der Waals surface area contributed by atoms with Crippen LogP contribution in [0, 0.1) is 0 Å². The van der Waals surface area contributed by atoms with Crippen molar-refractivity contribution in [3.63, 3.8) is 0 Å². The Labute approximate surface area is 146 Å². The number of hydrogen-bond donors (Lipinski definition) is 0. The molecule has 4 rings (SSSR count). The first-order chi connectivity index (χ1) is 12.2. The number of carbonyl (C=O) groups is 2. The van der Waals surface area contributed by atoms with Crippen molar-refractivity contribution in [2.45, 2.75) is 12.5 Å². The lowest BCUT2D eigenvalue weighted by Gasteiger charge is -2.37. The van der Waals surface area contributed by atoms with Gasteiger partial charge in [0.1, 0.15) is 5.82 Å². The molecule has 0 N–H and O–H groups in total. The van der Waals surface area contributed by atoms with Crippen molar-refractivity contribution in [3.8, 4) is 0 Å². The number of imide groups is 1. The van der Waals surface area contributed by atoms with E-state index in [4.69, 9.17) is 0 Å². The molecule has 0 bridgehead atoms. The van der Waals surface area contributed by atoms with E-state index in [-0.39, 0.29) is 24.3 Å². The molecule has 2 amide bonds. The van der Waals surface area contributed by atoms with E-state index in [1.54, 1.807) is 18.3 Å². The molecule has 25 heavy (non-hydrogen) atoms. The molecule has 2 aromatic rings. The first-order valence-corrected chi connectivity index (χ1v) is 8.56. The van der Waals surface area contributed by atoms with E-state index in [0.29, 0.717) is 5.69 Å². The molecule has 2 fully saturated rings. The third-order valence-electron chi connectivity index (χ3n) is 4.87. The van der Waals surface area contributed by atoms with Crippen LogP contribution in [-0.2, 0) is 9.59 Å². The number of anilines is 2. The number of pyridine rings is 1. The van der Waals surface area contributed by atoms with Crippen molar-refractivity contribution < 1.29 is 9.59 Å². The van der Waals surface area contributed by atoms with Crippen molar-refractivity contribution in [2.75, 3.05) is 36.0 Å². The van der Waals surface area contributed by atoms with Crippen LogP contribution in [0.3, 0.4) is 0 Å². The molecule has 1 aromatic heterocycles. The van der Waals surface area contributed by atoms with Crippen molar-refractivity contribution >= 4 is 23.3 Å². The van der Waals surface area contributed by atoms with Crippen molar-refractivity contribution in [1.82, 2.24) is 9.88 Å². The van der Waals surface area contributed by atoms with Gasteiger partial charge in [0.2, 0.25) is 5.91 Å². The molecule has 3 heterocycles. The van der Waals surface area contributed by atoms with E-state index in [1.807, 2.05) is 36.4 Å². The van der Waals surface area contributed by atoms with Gasteiger partial charge < -0.3 is 4.90 Å². The molecule has 128 valence electrons. The number of hydrogen-bond acceptors (Lipinski definition) is 5. The lowest BCUT2D eigenvalue weighted by atomic mass is 10.1. The van der Waals surface area contributed by atoms with Gasteiger partial charge in [0.05, 0.1) is 18.2 Å². The van der Waals surface area contributed by atoms with Gasteiger partial charge in [-0.2, -0.15) is 0 Å². The Kier molecular flexibility index (Phi) is 4.19. The number of aromatic nitrogens is 1. The van der Waals surface area contributed by atoms with Gasteiger partial charge in [-0.05, 0) is 24.3 Å². The molecule has 0 radical (unpaired) electrons. The van der Waals surface area contributed by atoms with E-state index < -0.39 is 0 Å². The van der Waals surface area contributed by atoms with Gasteiger partial charge in [0.15, 0.2) is 0 Å². The minimum Gasteiger partial charge on any atom is -0.354 e. The summed E-state index contributed by atoms with van der Waals surface area (Å²) in [5.41, 5.74) is 0.659. The fraction of sp³-hybridized carbons (Fsp3) is 0.316. The quantitative estimate of drug-likeness (QED) is 0.796. The Morgan fingerprint density at radius 3 is 2.28 bits per heavy atom. The van der Waals surface area contributed by atoms with Crippen LogP contribution in [0.5, 0.6) is 0 Å². The highest BCUT2D eigenvalue weighted by Gasteiger charge is 2.43. The van der Waals surface area contributed by atoms with E-state index in [2.05, 4.69) is 14.8 Å². The third-order valence-corrected chi connectivity index (χ3v) is 4.87. The number of amides is 2. The summed E-state index contributed by atoms with van der Waals surface area (Å²) < 4.78 is 0. The zero-order valence-electron chi connectivity index (χ0n) is 13.9. The molecule has 2 saturated heterocycles. The van der Waals surface area contributed by atoms with Crippen molar-refractivity contribution in [1.29, 1.82) is 0 Å². The lowest BCUT2D eigenvalue weighted by molar-refractivity contribution is -0.123. The summed E-state index contributed by atoms with van der Waals surface area (Å²) >= 11 is 0. The van der Waals surface area contributed by atoms with Gasteiger partial charge in [0.25, 0.3) is 5.91 Å². The van der Waals surface area contributed by atoms with Gasteiger partial charge in [-0.3, -0.25) is 14.5 Å². The smallest absolute Gasteiger partial charge is 0.251 e. The predicted molar refractivity (Wildman–Crippen MR) is 95.4 cm³/mol. The minimum absolute atomic E-state index is 0.109. The third kappa shape index (κ3) is 3.00. The average molecular weight is 336 g/mol. The van der Waals surface area contributed by atoms with Gasteiger partial charge in [-0.25, -0.2) is 9.88 Å². The molecule has 2 aliphatic rings. The van der Waals surface area contributed by atoms with Crippen LogP contribution in [0.25, 0.3) is 0 Å². The summed E-state index contributed by atoms with van der Waals surface area (Å²) in [4.78, 5) is 35.2. The molecule has 6 nitrogen and oxygen atoms in total. The van der Waals surface area contributed by atoms with Crippen LogP contribution >= 0.6 is 0 Å². The highest BCUT2D eigenvalue weighted by atomic mass is 16.2. The van der Waals surface area contributed by atoms with Crippen LogP contribution < -0.4 is 9.80 Å². The standard InChI is InChI=1S/C19H20N4O2/c24-18-14-16(19(25)23(18)15-6-2-1-3-7-15)21-10-12-22(13-11-21)17-8-4-5-9-20-17/h1-9,16H,10-14H2. The summed E-state index contributed by atoms with van der Waals surface area (Å²) in [7, 11) is 0. The van der Waals surface area contributed by atoms with E-state index >= 15 is 0 Å². The first kappa shape index (κ1) is 15.8. The lowest BCUT2D eigenvalue weighted by Crippen LogP contribution is -2.52.